The predicted octanol–water partition coefficient (Wildman–Crippen LogP) is -0.492. The molecular formula is C35H49N9O6. The molecule has 0 aliphatic heterocycles. The molecule has 0 aliphatic rings. The van der Waals surface area contributed by atoms with Gasteiger partial charge in [0.2, 0.25) is 29.5 Å². The largest absolute Gasteiger partial charge is 0.394 e. The molecule has 0 unspecified atom stereocenters. The zero-order valence-electron chi connectivity index (χ0n) is 28.6. The lowest BCUT2D eigenvalue weighted by atomic mass is 10.0. The summed E-state index contributed by atoms with van der Waals surface area (Å²) in [6.07, 6.45) is 5.39. The first kappa shape index (κ1) is 39.3. The predicted molar refractivity (Wildman–Crippen MR) is 186 cm³/mol. The number of nitrogens with two attached hydrogens (primary N) is 2. The molecular weight excluding hydrogens is 642 g/mol. The maximum absolute atomic E-state index is 13.9. The van der Waals surface area contributed by atoms with E-state index in [0.29, 0.717) is 18.5 Å². The van der Waals surface area contributed by atoms with E-state index in [1.165, 1.54) is 10.2 Å². The number of aromatic nitrogens is 3. The smallest absolute Gasteiger partial charge is 0.245 e. The fourth-order valence-electron chi connectivity index (χ4n) is 5.24. The third-order valence-electron chi connectivity index (χ3n) is 7.88. The number of unbranched alkanes of at least 4 members (excludes halogenated alkanes) is 1. The molecule has 270 valence electrons. The van der Waals surface area contributed by atoms with Crippen LogP contribution in [0.15, 0.2) is 66.9 Å². The SMILES string of the molecule is CC(C)C[C@H](NC(=O)[C@H](Cc1ccccc1)NC(=O)[C@H](Cn1cc(CCCCc2ccccc2)nn1)NC(=O)[C@H](CO)NC(=O)CN)C(N)=O. The van der Waals surface area contributed by atoms with Gasteiger partial charge in [0.05, 0.1) is 25.4 Å². The van der Waals surface area contributed by atoms with Gasteiger partial charge in [-0.25, -0.2) is 4.68 Å². The van der Waals surface area contributed by atoms with Crippen LogP contribution >= 0.6 is 0 Å². The maximum atomic E-state index is 13.9. The molecule has 0 radical (unpaired) electrons. The lowest BCUT2D eigenvalue weighted by Crippen LogP contribution is -2.60. The molecule has 5 amide bonds. The molecule has 0 spiro atoms. The number of primary amides is 1. The number of amides is 5. The van der Waals surface area contributed by atoms with Gasteiger partial charge in [-0.1, -0.05) is 79.7 Å². The van der Waals surface area contributed by atoms with Gasteiger partial charge in [0, 0.05) is 12.6 Å². The van der Waals surface area contributed by atoms with E-state index in [-0.39, 0.29) is 18.9 Å². The summed E-state index contributed by atoms with van der Waals surface area (Å²) in [4.78, 5) is 64.7. The molecule has 0 saturated heterocycles. The fraction of sp³-hybridized carbons (Fsp3) is 0.457. The normalized spacial score (nSPS) is 13.5. The lowest BCUT2D eigenvalue weighted by Gasteiger charge is -2.26. The minimum atomic E-state index is -1.40. The molecule has 4 atom stereocenters. The average Bonchev–Trinajstić information content (AvgIpc) is 3.55. The average molecular weight is 692 g/mol. The number of hydrogen-bond acceptors (Lipinski definition) is 9. The maximum Gasteiger partial charge on any atom is 0.245 e. The van der Waals surface area contributed by atoms with Crippen LogP contribution < -0.4 is 32.7 Å². The number of aliphatic hydroxyl groups excluding tert-OH is 1. The molecule has 3 rings (SSSR count). The van der Waals surface area contributed by atoms with Crippen molar-refractivity contribution in [2.75, 3.05) is 13.2 Å². The summed E-state index contributed by atoms with van der Waals surface area (Å²) < 4.78 is 1.40. The van der Waals surface area contributed by atoms with Crippen molar-refractivity contribution in [1.29, 1.82) is 0 Å². The van der Waals surface area contributed by atoms with Crippen molar-refractivity contribution in [2.45, 2.75) is 83.1 Å². The summed E-state index contributed by atoms with van der Waals surface area (Å²) in [5, 5.41) is 28.4. The van der Waals surface area contributed by atoms with Crippen LogP contribution in [0.1, 0.15) is 49.9 Å². The summed E-state index contributed by atoms with van der Waals surface area (Å²) in [5.41, 5.74) is 13.6. The minimum Gasteiger partial charge on any atom is -0.394 e. The Morgan fingerprint density at radius 2 is 1.32 bits per heavy atom. The van der Waals surface area contributed by atoms with E-state index < -0.39 is 66.9 Å². The van der Waals surface area contributed by atoms with Gasteiger partial charge in [0.15, 0.2) is 0 Å². The van der Waals surface area contributed by atoms with E-state index >= 15 is 0 Å². The molecule has 0 aliphatic carbocycles. The van der Waals surface area contributed by atoms with Crippen molar-refractivity contribution in [3.8, 4) is 0 Å². The monoisotopic (exact) mass is 691 g/mol. The second-order valence-electron chi connectivity index (χ2n) is 12.5. The van der Waals surface area contributed by atoms with Crippen molar-refractivity contribution in [3.05, 3.63) is 83.7 Å². The first-order valence-corrected chi connectivity index (χ1v) is 16.8. The van der Waals surface area contributed by atoms with Crippen LogP contribution in [0, 0.1) is 5.92 Å². The molecule has 3 aromatic rings. The topological polar surface area (TPSA) is 236 Å². The van der Waals surface area contributed by atoms with Gasteiger partial charge in [0.1, 0.15) is 24.2 Å². The van der Waals surface area contributed by atoms with Crippen LogP contribution in [0.3, 0.4) is 0 Å². The molecule has 0 saturated carbocycles. The van der Waals surface area contributed by atoms with E-state index in [0.717, 1.165) is 24.8 Å². The van der Waals surface area contributed by atoms with Crippen LogP contribution in [0.4, 0.5) is 0 Å². The molecule has 2 aromatic carbocycles. The van der Waals surface area contributed by atoms with Crippen molar-refractivity contribution in [1.82, 2.24) is 36.3 Å². The third kappa shape index (κ3) is 13.4. The van der Waals surface area contributed by atoms with Gasteiger partial charge in [-0.05, 0) is 49.1 Å². The van der Waals surface area contributed by atoms with Crippen LogP contribution in [-0.2, 0) is 49.8 Å². The molecule has 0 bridgehead atoms. The van der Waals surface area contributed by atoms with Crippen LogP contribution in [0.25, 0.3) is 0 Å². The van der Waals surface area contributed by atoms with Crippen molar-refractivity contribution in [2.24, 2.45) is 17.4 Å². The highest BCUT2D eigenvalue weighted by Crippen LogP contribution is 2.10. The van der Waals surface area contributed by atoms with Crippen molar-refractivity contribution in [3.63, 3.8) is 0 Å². The Morgan fingerprint density at radius 3 is 1.92 bits per heavy atom. The van der Waals surface area contributed by atoms with Crippen molar-refractivity contribution < 1.29 is 29.1 Å². The van der Waals surface area contributed by atoms with Crippen molar-refractivity contribution >= 4 is 29.5 Å². The first-order valence-electron chi connectivity index (χ1n) is 16.8. The van der Waals surface area contributed by atoms with E-state index in [4.69, 9.17) is 11.5 Å². The number of hydrogen-bond donors (Lipinski definition) is 7. The Morgan fingerprint density at radius 1 is 0.760 bits per heavy atom. The first-order chi connectivity index (χ1) is 24.0. The highest BCUT2D eigenvalue weighted by atomic mass is 16.3. The van der Waals surface area contributed by atoms with E-state index in [9.17, 15) is 29.1 Å². The highest BCUT2D eigenvalue weighted by molar-refractivity contribution is 5.95. The highest BCUT2D eigenvalue weighted by Gasteiger charge is 2.32. The minimum absolute atomic E-state index is 0.0465. The van der Waals surface area contributed by atoms with Crippen LogP contribution in [0.2, 0.25) is 0 Å². The second-order valence-corrected chi connectivity index (χ2v) is 12.5. The number of rotatable bonds is 21. The summed E-state index contributed by atoms with van der Waals surface area (Å²) >= 11 is 0. The molecule has 50 heavy (non-hydrogen) atoms. The Bertz CT molecular complexity index is 1530. The summed E-state index contributed by atoms with van der Waals surface area (Å²) in [6.45, 7) is 2.41. The van der Waals surface area contributed by atoms with Gasteiger partial charge in [-0.2, -0.15) is 0 Å². The van der Waals surface area contributed by atoms with Gasteiger partial charge in [-0.15, -0.1) is 5.10 Å². The fourth-order valence-corrected chi connectivity index (χ4v) is 5.24. The number of benzene rings is 2. The van der Waals surface area contributed by atoms with Gasteiger partial charge >= 0.3 is 0 Å². The zero-order valence-corrected chi connectivity index (χ0v) is 28.6. The quantitative estimate of drug-likeness (QED) is 0.0713. The summed E-state index contributed by atoms with van der Waals surface area (Å²) in [5.74, 6) is -3.60. The Hall–Kier alpha value is -5.15. The molecule has 15 heteroatoms. The number of aryl methyl sites for hydroxylation is 2. The molecule has 1 heterocycles. The van der Waals surface area contributed by atoms with Gasteiger partial charge < -0.3 is 37.8 Å². The van der Waals surface area contributed by atoms with Crippen LogP contribution in [-0.4, -0.2) is 87.0 Å². The molecule has 0 fully saturated rings. The Balaban J connectivity index is 1.80. The summed E-state index contributed by atoms with van der Waals surface area (Å²) in [6, 6.07) is 14.2. The standard InChI is InChI=1S/C35H49N9O6/c1-23(2)17-27(32(37)47)39-33(48)28(18-25-14-7-4-8-15-25)40-34(49)29(41-35(50)30(22-45)38-31(46)19-36)21-44-20-26(42-43-44)16-10-9-13-24-11-5-3-6-12-24/h3-8,11-12,14-15,20,23,27-30,45H,9-10,13,16-19,21-22,36H2,1-2H3,(H2,37,47)(H,38,46)(H,39,48)(H,40,49)(H,41,50)/t27-,28-,29-,30-/m0/s1. The molecule has 15 nitrogen and oxygen atoms in total. The number of carbonyl (C=O) groups excluding carboxylic acids is 5. The third-order valence-corrected chi connectivity index (χ3v) is 7.88. The number of nitrogens with zero attached hydrogens (tertiary/aromatic N) is 3. The number of aliphatic hydroxyl groups is 1. The Labute approximate surface area is 291 Å². The Kier molecular flexibility index (Phi) is 16.0. The summed E-state index contributed by atoms with van der Waals surface area (Å²) in [7, 11) is 0. The van der Waals surface area contributed by atoms with E-state index in [1.54, 1.807) is 30.5 Å². The second kappa shape index (κ2) is 20.4. The lowest BCUT2D eigenvalue weighted by molar-refractivity contribution is -0.135. The number of carbonyl (C=O) groups is 5. The van der Waals surface area contributed by atoms with E-state index in [2.05, 4.69) is 43.7 Å². The molecule has 1 aromatic heterocycles. The van der Waals surface area contributed by atoms with E-state index in [1.807, 2.05) is 38.1 Å². The number of nitrogens with one attached hydrogen (secondary N) is 4. The van der Waals surface area contributed by atoms with Gasteiger partial charge in [0.25, 0.3) is 0 Å². The zero-order chi connectivity index (χ0) is 36.5. The molecule has 9 N–H and O–H groups in total. The van der Waals surface area contributed by atoms with Crippen LogP contribution in [0.5, 0.6) is 0 Å². The van der Waals surface area contributed by atoms with Gasteiger partial charge in [-0.3, -0.25) is 24.0 Å².